The number of piperidine rings is 1. The Labute approximate surface area is 163 Å². The Bertz CT molecular complexity index is 1040. The summed E-state index contributed by atoms with van der Waals surface area (Å²) in [6.07, 6.45) is 2.47. The number of nitrogens with one attached hydrogen (secondary N) is 1. The number of fused-ring (bicyclic) bond motifs is 1. The Kier molecular flexibility index (Phi) is 4.98. The zero-order valence-electron chi connectivity index (χ0n) is 15.8. The molecule has 142 valence electrons. The molecule has 0 saturated carbocycles. The van der Waals surface area contributed by atoms with Crippen LogP contribution < -0.4 is 15.0 Å². The van der Waals surface area contributed by atoms with Gasteiger partial charge in [0.1, 0.15) is 5.75 Å². The van der Waals surface area contributed by atoms with Gasteiger partial charge in [0, 0.05) is 30.3 Å². The quantitative estimate of drug-likeness (QED) is 0.725. The molecule has 28 heavy (non-hydrogen) atoms. The number of nitrogens with zero attached hydrogens (tertiary/aromatic N) is 1. The smallest absolute Gasteiger partial charge is 0.255 e. The second kappa shape index (κ2) is 7.72. The summed E-state index contributed by atoms with van der Waals surface area (Å²) < 4.78 is 5.49. The third kappa shape index (κ3) is 3.56. The lowest BCUT2D eigenvalue weighted by atomic mass is 10.1. The molecule has 4 rings (SSSR count). The van der Waals surface area contributed by atoms with Crippen LogP contribution in [-0.4, -0.2) is 25.5 Å². The van der Waals surface area contributed by atoms with E-state index in [-0.39, 0.29) is 11.8 Å². The predicted octanol–water partition coefficient (Wildman–Crippen LogP) is 4.62. The average Bonchev–Trinajstić information content (AvgIpc) is 2.74. The number of rotatable bonds is 4. The standard InChI is InChI=1S/C23H22N2O3/c1-28-21-15-19(11-12-20(21)25-13-5-4-8-22(25)26)24-23(27)18-10-9-16-6-2-3-7-17(16)14-18/h2-3,6-7,9-12,14-15H,4-5,8,13H2,1H3,(H,24,27). The van der Waals surface area contributed by atoms with Gasteiger partial charge in [-0.25, -0.2) is 0 Å². The molecule has 1 aliphatic rings. The summed E-state index contributed by atoms with van der Waals surface area (Å²) in [5.74, 6) is 0.499. The van der Waals surface area contributed by atoms with Gasteiger partial charge in [-0.15, -0.1) is 0 Å². The Hall–Kier alpha value is -3.34. The van der Waals surface area contributed by atoms with Crippen LogP contribution in [0.15, 0.2) is 60.7 Å². The lowest BCUT2D eigenvalue weighted by Gasteiger charge is -2.28. The number of benzene rings is 3. The largest absolute Gasteiger partial charge is 0.494 e. The minimum Gasteiger partial charge on any atom is -0.494 e. The lowest BCUT2D eigenvalue weighted by Crippen LogP contribution is -2.35. The summed E-state index contributed by atoms with van der Waals surface area (Å²) in [5.41, 5.74) is 1.96. The van der Waals surface area contributed by atoms with Crippen molar-refractivity contribution in [3.63, 3.8) is 0 Å². The molecule has 0 spiro atoms. The van der Waals surface area contributed by atoms with Gasteiger partial charge in [0.25, 0.3) is 5.91 Å². The van der Waals surface area contributed by atoms with E-state index in [9.17, 15) is 9.59 Å². The first-order chi connectivity index (χ1) is 13.7. The first-order valence-corrected chi connectivity index (χ1v) is 9.44. The molecule has 0 aliphatic carbocycles. The number of amides is 2. The van der Waals surface area contributed by atoms with Crippen molar-refractivity contribution >= 4 is 34.0 Å². The topological polar surface area (TPSA) is 58.6 Å². The van der Waals surface area contributed by atoms with Crippen molar-refractivity contribution < 1.29 is 14.3 Å². The Morgan fingerprint density at radius 3 is 2.61 bits per heavy atom. The highest BCUT2D eigenvalue weighted by molar-refractivity contribution is 6.06. The fourth-order valence-corrected chi connectivity index (χ4v) is 3.57. The Morgan fingerprint density at radius 1 is 1.00 bits per heavy atom. The molecule has 2 amide bonds. The summed E-state index contributed by atoms with van der Waals surface area (Å²) >= 11 is 0. The molecule has 0 aromatic heterocycles. The van der Waals surface area contributed by atoms with Crippen LogP contribution in [-0.2, 0) is 4.79 Å². The zero-order chi connectivity index (χ0) is 19.5. The monoisotopic (exact) mass is 374 g/mol. The summed E-state index contributed by atoms with van der Waals surface area (Å²) in [6.45, 7) is 0.692. The molecular weight excluding hydrogens is 352 g/mol. The molecular formula is C23H22N2O3. The number of carbonyl (C=O) groups excluding carboxylic acids is 2. The van der Waals surface area contributed by atoms with E-state index in [4.69, 9.17) is 4.74 Å². The van der Waals surface area contributed by atoms with Crippen LogP contribution in [0, 0.1) is 0 Å². The number of hydrogen-bond acceptors (Lipinski definition) is 3. The third-order valence-electron chi connectivity index (χ3n) is 5.06. The molecule has 0 bridgehead atoms. The first-order valence-electron chi connectivity index (χ1n) is 9.44. The van der Waals surface area contributed by atoms with Crippen molar-refractivity contribution in [3.8, 4) is 5.75 Å². The van der Waals surface area contributed by atoms with Crippen molar-refractivity contribution in [1.82, 2.24) is 0 Å². The Balaban J connectivity index is 1.57. The van der Waals surface area contributed by atoms with E-state index in [0.717, 1.165) is 29.3 Å². The van der Waals surface area contributed by atoms with E-state index in [1.807, 2.05) is 48.5 Å². The van der Waals surface area contributed by atoms with Crippen LogP contribution in [0.2, 0.25) is 0 Å². The van der Waals surface area contributed by atoms with Crippen molar-refractivity contribution in [1.29, 1.82) is 0 Å². The summed E-state index contributed by atoms with van der Waals surface area (Å²) in [4.78, 5) is 26.7. The number of methoxy groups -OCH3 is 1. The van der Waals surface area contributed by atoms with Crippen molar-refractivity contribution in [2.75, 3.05) is 23.9 Å². The molecule has 1 saturated heterocycles. The second-order valence-electron chi connectivity index (χ2n) is 6.91. The maximum Gasteiger partial charge on any atom is 0.255 e. The third-order valence-corrected chi connectivity index (χ3v) is 5.06. The van der Waals surface area contributed by atoms with E-state index in [0.29, 0.717) is 30.0 Å². The zero-order valence-corrected chi connectivity index (χ0v) is 15.8. The van der Waals surface area contributed by atoms with Gasteiger partial charge in [-0.2, -0.15) is 0 Å². The van der Waals surface area contributed by atoms with E-state index in [1.54, 1.807) is 24.1 Å². The number of ether oxygens (including phenoxy) is 1. The van der Waals surface area contributed by atoms with Crippen LogP contribution in [0.4, 0.5) is 11.4 Å². The minimum atomic E-state index is -0.186. The highest BCUT2D eigenvalue weighted by atomic mass is 16.5. The maximum absolute atomic E-state index is 12.7. The highest BCUT2D eigenvalue weighted by Gasteiger charge is 2.22. The van der Waals surface area contributed by atoms with Crippen LogP contribution in [0.1, 0.15) is 29.6 Å². The molecule has 3 aromatic rings. The van der Waals surface area contributed by atoms with Crippen molar-refractivity contribution in [3.05, 3.63) is 66.2 Å². The van der Waals surface area contributed by atoms with Gasteiger partial charge < -0.3 is 15.0 Å². The molecule has 1 N–H and O–H groups in total. The Morgan fingerprint density at radius 2 is 1.82 bits per heavy atom. The van der Waals surface area contributed by atoms with Crippen molar-refractivity contribution in [2.24, 2.45) is 0 Å². The summed E-state index contributed by atoms with van der Waals surface area (Å²) in [6, 6.07) is 19.0. The molecule has 5 nitrogen and oxygen atoms in total. The fourth-order valence-electron chi connectivity index (χ4n) is 3.57. The average molecular weight is 374 g/mol. The first kappa shape index (κ1) is 18.0. The molecule has 5 heteroatoms. The molecule has 1 heterocycles. The second-order valence-corrected chi connectivity index (χ2v) is 6.91. The van der Waals surface area contributed by atoms with Gasteiger partial charge in [-0.1, -0.05) is 30.3 Å². The van der Waals surface area contributed by atoms with E-state index < -0.39 is 0 Å². The molecule has 1 aliphatic heterocycles. The van der Waals surface area contributed by atoms with Gasteiger partial charge in [0.2, 0.25) is 5.91 Å². The molecule has 0 atom stereocenters. The highest BCUT2D eigenvalue weighted by Crippen LogP contribution is 2.33. The maximum atomic E-state index is 12.7. The molecule has 3 aromatic carbocycles. The van der Waals surface area contributed by atoms with Crippen LogP contribution >= 0.6 is 0 Å². The van der Waals surface area contributed by atoms with Gasteiger partial charge >= 0.3 is 0 Å². The van der Waals surface area contributed by atoms with Gasteiger partial charge in [0.15, 0.2) is 0 Å². The fraction of sp³-hybridized carbons (Fsp3) is 0.217. The number of hydrogen-bond donors (Lipinski definition) is 1. The molecule has 1 fully saturated rings. The van der Waals surface area contributed by atoms with E-state index in [1.165, 1.54) is 0 Å². The summed E-state index contributed by atoms with van der Waals surface area (Å²) in [7, 11) is 1.57. The molecule has 0 unspecified atom stereocenters. The van der Waals surface area contributed by atoms with E-state index in [2.05, 4.69) is 5.32 Å². The number of carbonyl (C=O) groups is 2. The number of anilines is 2. The molecule has 0 radical (unpaired) electrons. The SMILES string of the molecule is COc1cc(NC(=O)c2ccc3ccccc3c2)ccc1N1CCCCC1=O. The lowest BCUT2D eigenvalue weighted by molar-refractivity contribution is -0.119. The van der Waals surface area contributed by atoms with Gasteiger partial charge in [0.05, 0.1) is 12.8 Å². The van der Waals surface area contributed by atoms with Crippen LogP contribution in [0.5, 0.6) is 5.75 Å². The summed E-state index contributed by atoms with van der Waals surface area (Å²) in [5, 5.41) is 5.03. The minimum absolute atomic E-state index is 0.109. The van der Waals surface area contributed by atoms with E-state index >= 15 is 0 Å². The normalized spacial score (nSPS) is 14.2. The van der Waals surface area contributed by atoms with Crippen molar-refractivity contribution in [2.45, 2.75) is 19.3 Å². The predicted molar refractivity (Wildman–Crippen MR) is 111 cm³/mol. The van der Waals surface area contributed by atoms with Crippen LogP contribution in [0.3, 0.4) is 0 Å². The van der Waals surface area contributed by atoms with Gasteiger partial charge in [-0.05, 0) is 47.9 Å². The van der Waals surface area contributed by atoms with Gasteiger partial charge in [-0.3, -0.25) is 9.59 Å². The van der Waals surface area contributed by atoms with Crippen LogP contribution in [0.25, 0.3) is 10.8 Å².